The van der Waals surface area contributed by atoms with Gasteiger partial charge in [-0.2, -0.15) is 0 Å². The van der Waals surface area contributed by atoms with Crippen LogP contribution in [0.5, 0.6) is 0 Å². The molecule has 0 radical (unpaired) electrons. The Hall–Kier alpha value is -0.880. The highest BCUT2D eigenvalue weighted by Crippen LogP contribution is 2.26. The molecule has 22 heavy (non-hydrogen) atoms. The highest BCUT2D eigenvalue weighted by molar-refractivity contribution is 6.30. The lowest BCUT2D eigenvalue weighted by Crippen LogP contribution is -2.46. The Morgan fingerprint density at radius 2 is 2.32 bits per heavy atom. The lowest BCUT2D eigenvalue weighted by molar-refractivity contribution is -0.142. The largest absolute Gasteiger partial charge is 0.370 e. The molecule has 124 valence electrons. The lowest BCUT2D eigenvalue weighted by Gasteiger charge is -2.34. The summed E-state index contributed by atoms with van der Waals surface area (Å²) in [7, 11) is 1.83. The van der Waals surface area contributed by atoms with Gasteiger partial charge in [-0.3, -0.25) is 4.79 Å². The Bertz CT molecular complexity index is 516. The Kier molecular flexibility index (Phi) is 7.56. The molecular weight excluding hydrogens is 330 g/mol. The monoisotopic (exact) mass is 350 g/mol. The molecule has 1 aliphatic heterocycles. The average molecular weight is 351 g/mol. The van der Waals surface area contributed by atoms with Crippen LogP contribution in [-0.2, 0) is 9.53 Å². The van der Waals surface area contributed by atoms with E-state index < -0.39 is 5.82 Å². The molecule has 1 aromatic carbocycles. The number of hydrogen-bond donors (Lipinski definition) is 1. The van der Waals surface area contributed by atoms with Crippen LogP contribution >= 0.6 is 24.0 Å². The van der Waals surface area contributed by atoms with Gasteiger partial charge in [0.1, 0.15) is 11.9 Å². The molecule has 0 bridgehead atoms. The number of benzene rings is 1. The molecule has 0 saturated carbocycles. The van der Waals surface area contributed by atoms with Crippen molar-refractivity contribution in [1.29, 1.82) is 0 Å². The summed E-state index contributed by atoms with van der Waals surface area (Å²) in [5, 5.41) is 3.08. The third-order valence-electron chi connectivity index (χ3n) is 3.63. The second kappa shape index (κ2) is 8.67. The van der Waals surface area contributed by atoms with Gasteiger partial charge in [0.25, 0.3) is 0 Å². The summed E-state index contributed by atoms with van der Waals surface area (Å²) in [6.07, 6.45) is -0.261. The van der Waals surface area contributed by atoms with Crippen molar-refractivity contribution in [2.24, 2.45) is 5.92 Å². The smallest absolute Gasteiger partial charge is 0.226 e. The predicted octanol–water partition coefficient (Wildman–Crippen LogP) is 2.66. The quantitative estimate of drug-likeness (QED) is 0.907. The molecule has 7 heteroatoms. The van der Waals surface area contributed by atoms with Gasteiger partial charge in [-0.15, -0.1) is 12.4 Å². The van der Waals surface area contributed by atoms with E-state index in [2.05, 4.69) is 5.32 Å². The van der Waals surface area contributed by atoms with Crippen LogP contribution in [0.1, 0.15) is 18.6 Å². The van der Waals surface area contributed by atoms with Crippen molar-refractivity contribution < 1.29 is 13.9 Å². The third kappa shape index (κ3) is 4.56. The maximum atomic E-state index is 13.2. The maximum Gasteiger partial charge on any atom is 0.226 e. The minimum absolute atomic E-state index is 0. The summed E-state index contributed by atoms with van der Waals surface area (Å²) < 4.78 is 18.9. The number of nitrogens with one attached hydrogen (secondary N) is 1. The van der Waals surface area contributed by atoms with Crippen molar-refractivity contribution in [1.82, 2.24) is 10.2 Å². The summed E-state index contributed by atoms with van der Waals surface area (Å²) in [4.78, 5) is 14.1. The van der Waals surface area contributed by atoms with Gasteiger partial charge in [0.15, 0.2) is 0 Å². The molecule has 1 N–H and O–H groups in total. The van der Waals surface area contributed by atoms with Crippen LogP contribution in [0.25, 0.3) is 0 Å². The fourth-order valence-electron chi connectivity index (χ4n) is 2.47. The Morgan fingerprint density at radius 3 is 2.95 bits per heavy atom. The van der Waals surface area contributed by atoms with Gasteiger partial charge in [0, 0.05) is 19.0 Å². The van der Waals surface area contributed by atoms with Gasteiger partial charge in [-0.05, 0) is 24.7 Å². The summed E-state index contributed by atoms with van der Waals surface area (Å²) in [5.41, 5.74) is 0.792. The second-order valence-corrected chi connectivity index (χ2v) is 5.68. The van der Waals surface area contributed by atoms with E-state index in [-0.39, 0.29) is 35.4 Å². The average Bonchev–Trinajstić information content (AvgIpc) is 2.49. The number of carbonyl (C=O) groups excluding carboxylic acids is 1. The SMILES string of the molecule is CNCC(C)C(=O)N1CCOC(c2ccc(F)c(Cl)c2)C1.Cl. The predicted molar refractivity (Wildman–Crippen MR) is 87.0 cm³/mol. The van der Waals surface area contributed by atoms with E-state index in [0.717, 1.165) is 5.56 Å². The topological polar surface area (TPSA) is 41.6 Å². The normalized spacial score (nSPS) is 19.5. The second-order valence-electron chi connectivity index (χ2n) is 5.28. The maximum absolute atomic E-state index is 13.2. The van der Waals surface area contributed by atoms with E-state index in [1.807, 2.05) is 14.0 Å². The summed E-state index contributed by atoms with van der Waals surface area (Å²) in [5.74, 6) is -0.428. The summed E-state index contributed by atoms with van der Waals surface area (Å²) >= 11 is 5.80. The Balaban J connectivity index is 0.00000242. The van der Waals surface area contributed by atoms with Crippen LogP contribution in [0.3, 0.4) is 0 Å². The molecule has 1 aliphatic rings. The van der Waals surface area contributed by atoms with Crippen LogP contribution < -0.4 is 5.32 Å². The number of morpholine rings is 1. The van der Waals surface area contributed by atoms with Crippen molar-refractivity contribution in [3.8, 4) is 0 Å². The van der Waals surface area contributed by atoms with Crippen molar-refractivity contribution in [3.63, 3.8) is 0 Å². The standard InChI is InChI=1S/C15H20ClFN2O2.ClH/c1-10(8-18-2)15(20)19-5-6-21-14(9-19)11-3-4-13(17)12(16)7-11;/h3-4,7,10,14,18H,5-6,8-9H2,1-2H3;1H. The zero-order valence-electron chi connectivity index (χ0n) is 12.6. The minimum Gasteiger partial charge on any atom is -0.370 e. The van der Waals surface area contributed by atoms with Gasteiger partial charge in [0.05, 0.1) is 18.2 Å². The highest BCUT2D eigenvalue weighted by Gasteiger charge is 2.28. The molecule has 4 nitrogen and oxygen atoms in total. The Morgan fingerprint density at radius 1 is 1.59 bits per heavy atom. The van der Waals surface area contributed by atoms with Gasteiger partial charge >= 0.3 is 0 Å². The van der Waals surface area contributed by atoms with E-state index in [1.54, 1.807) is 17.0 Å². The molecule has 1 fully saturated rings. The zero-order chi connectivity index (χ0) is 15.4. The number of halogens is 3. The van der Waals surface area contributed by atoms with Crippen molar-refractivity contribution in [2.75, 3.05) is 33.3 Å². The zero-order valence-corrected chi connectivity index (χ0v) is 14.2. The number of nitrogens with zero attached hydrogens (tertiary/aromatic N) is 1. The van der Waals surface area contributed by atoms with E-state index in [4.69, 9.17) is 16.3 Å². The van der Waals surface area contributed by atoms with Gasteiger partial charge in [0.2, 0.25) is 5.91 Å². The molecule has 2 atom stereocenters. The van der Waals surface area contributed by atoms with E-state index >= 15 is 0 Å². The van der Waals surface area contributed by atoms with Gasteiger partial charge < -0.3 is 15.0 Å². The van der Waals surface area contributed by atoms with Crippen molar-refractivity contribution in [2.45, 2.75) is 13.0 Å². The lowest BCUT2D eigenvalue weighted by atomic mass is 10.1. The first-order chi connectivity index (χ1) is 10.0. The molecule has 1 amide bonds. The van der Waals surface area contributed by atoms with Crippen molar-refractivity contribution in [3.05, 3.63) is 34.6 Å². The first-order valence-electron chi connectivity index (χ1n) is 7.03. The molecule has 0 aromatic heterocycles. The molecule has 2 unspecified atom stereocenters. The van der Waals surface area contributed by atoms with Gasteiger partial charge in [-0.25, -0.2) is 4.39 Å². The highest BCUT2D eigenvalue weighted by atomic mass is 35.5. The fourth-order valence-corrected chi connectivity index (χ4v) is 2.66. The number of rotatable bonds is 4. The fraction of sp³-hybridized carbons (Fsp3) is 0.533. The van der Waals surface area contributed by atoms with E-state index in [1.165, 1.54) is 6.07 Å². The number of ether oxygens (including phenoxy) is 1. The number of amides is 1. The van der Waals surface area contributed by atoms with E-state index in [0.29, 0.717) is 26.2 Å². The number of hydrogen-bond acceptors (Lipinski definition) is 3. The first-order valence-corrected chi connectivity index (χ1v) is 7.40. The van der Waals surface area contributed by atoms with Crippen LogP contribution in [0.2, 0.25) is 5.02 Å². The Labute approximate surface area is 141 Å². The summed E-state index contributed by atoms with van der Waals surface area (Å²) in [6.45, 7) is 4.06. The molecule has 0 spiro atoms. The van der Waals surface area contributed by atoms with Crippen molar-refractivity contribution >= 4 is 29.9 Å². The summed E-state index contributed by atoms with van der Waals surface area (Å²) in [6, 6.07) is 4.54. The molecule has 1 heterocycles. The van der Waals surface area contributed by atoms with Crippen LogP contribution in [-0.4, -0.2) is 44.1 Å². The van der Waals surface area contributed by atoms with Crippen LogP contribution in [0.15, 0.2) is 18.2 Å². The van der Waals surface area contributed by atoms with Gasteiger partial charge in [-0.1, -0.05) is 24.6 Å². The molecule has 1 aromatic rings. The molecule has 1 saturated heterocycles. The third-order valence-corrected chi connectivity index (χ3v) is 3.92. The molecule has 2 rings (SSSR count). The van der Waals surface area contributed by atoms with Crippen LogP contribution in [0, 0.1) is 11.7 Å². The first kappa shape index (κ1) is 19.2. The van der Waals surface area contributed by atoms with E-state index in [9.17, 15) is 9.18 Å². The minimum atomic E-state index is -0.452. The number of carbonyl (C=O) groups is 1. The van der Waals surface area contributed by atoms with Crippen LogP contribution in [0.4, 0.5) is 4.39 Å². The molecule has 0 aliphatic carbocycles. The molecular formula is C15H21Cl2FN2O2.